The third kappa shape index (κ3) is 2.48. The summed E-state index contributed by atoms with van der Waals surface area (Å²) in [5, 5.41) is 0. The minimum atomic E-state index is -0.353. The van der Waals surface area contributed by atoms with E-state index in [9.17, 15) is 0 Å². The molecule has 0 aromatic carbocycles. The van der Waals surface area contributed by atoms with Gasteiger partial charge in [0.1, 0.15) is 0 Å². The highest BCUT2D eigenvalue weighted by molar-refractivity contribution is 4.85. The number of ether oxygens (including phenoxy) is 2. The molecule has 2 unspecified atom stereocenters. The van der Waals surface area contributed by atoms with Crippen molar-refractivity contribution in [3.63, 3.8) is 0 Å². The molecule has 1 fully saturated rings. The van der Waals surface area contributed by atoms with Crippen LogP contribution in [0.5, 0.6) is 0 Å². The van der Waals surface area contributed by atoms with Crippen molar-refractivity contribution < 1.29 is 9.47 Å². The Bertz CT molecular complexity index is 168. The van der Waals surface area contributed by atoms with Gasteiger partial charge in [0, 0.05) is 5.92 Å². The minimum absolute atomic E-state index is 0.264. The van der Waals surface area contributed by atoms with Crippen molar-refractivity contribution >= 4 is 0 Å². The van der Waals surface area contributed by atoms with E-state index in [1.807, 2.05) is 0 Å². The lowest BCUT2D eigenvalue weighted by Gasteiger charge is -2.37. The first kappa shape index (κ1) is 12.0. The molecule has 0 bridgehead atoms. The third-order valence-electron chi connectivity index (χ3n) is 3.02. The van der Waals surface area contributed by atoms with Crippen LogP contribution in [0.1, 0.15) is 47.0 Å². The Morgan fingerprint density at radius 1 is 1.43 bits per heavy atom. The Kier molecular flexibility index (Phi) is 4.39. The molecule has 1 saturated heterocycles. The highest BCUT2D eigenvalue weighted by Gasteiger charge is 2.37. The summed E-state index contributed by atoms with van der Waals surface area (Å²) in [4.78, 5) is 0. The maximum atomic E-state index is 6.08. The van der Waals surface area contributed by atoms with Gasteiger partial charge in [-0.05, 0) is 25.7 Å². The summed E-state index contributed by atoms with van der Waals surface area (Å²) in [7, 11) is 0. The van der Waals surface area contributed by atoms with Crippen LogP contribution < -0.4 is 0 Å². The van der Waals surface area contributed by atoms with Crippen LogP contribution in [0.4, 0.5) is 0 Å². The highest BCUT2D eigenvalue weighted by atomic mass is 16.7. The van der Waals surface area contributed by atoms with Crippen LogP contribution in [0.15, 0.2) is 0 Å². The standard InChI is InChI=1S/C12H23O2/c1-5-11-8-7-9-13-12(6-2,14-11)10(3)4/h8,10-11H,5-7,9H2,1-4H3. The summed E-state index contributed by atoms with van der Waals surface area (Å²) in [6.07, 6.45) is 5.47. The molecule has 14 heavy (non-hydrogen) atoms. The van der Waals surface area contributed by atoms with Crippen LogP contribution in [-0.4, -0.2) is 18.5 Å². The van der Waals surface area contributed by atoms with E-state index in [0.717, 1.165) is 25.9 Å². The fraction of sp³-hybridized carbons (Fsp3) is 0.917. The molecule has 0 spiro atoms. The summed E-state index contributed by atoms with van der Waals surface area (Å²) in [5.74, 6) is 0.0567. The molecule has 0 aromatic heterocycles. The van der Waals surface area contributed by atoms with Gasteiger partial charge in [-0.2, -0.15) is 0 Å². The smallest absolute Gasteiger partial charge is 0.170 e. The molecule has 1 aliphatic rings. The van der Waals surface area contributed by atoms with E-state index >= 15 is 0 Å². The van der Waals surface area contributed by atoms with Crippen LogP contribution in [0.3, 0.4) is 0 Å². The second kappa shape index (κ2) is 5.13. The predicted octanol–water partition coefficient (Wildman–Crippen LogP) is 3.17. The Hall–Kier alpha value is -0.0800. The molecule has 2 nitrogen and oxygen atoms in total. The lowest BCUT2D eigenvalue weighted by atomic mass is 9.99. The topological polar surface area (TPSA) is 18.5 Å². The SMILES string of the molecule is CCC1[CH]CCOC(CC)(C(C)C)O1. The van der Waals surface area contributed by atoms with Crippen molar-refractivity contribution in [3.05, 3.63) is 6.42 Å². The van der Waals surface area contributed by atoms with Crippen molar-refractivity contribution in [2.45, 2.75) is 58.8 Å². The molecule has 1 radical (unpaired) electrons. The zero-order valence-electron chi connectivity index (χ0n) is 9.88. The van der Waals surface area contributed by atoms with Gasteiger partial charge in [0.2, 0.25) is 0 Å². The largest absolute Gasteiger partial charge is 0.350 e. The van der Waals surface area contributed by atoms with Crippen molar-refractivity contribution in [2.24, 2.45) is 5.92 Å². The maximum absolute atomic E-state index is 6.08. The molecule has 0 aliphatic carbocycles. The van der Waals surface area contributed by atoms with E-state index in [1.54, 1.807) is 0 Å². The average Bonchev–Trinajstić information content (AvgIpc) is 2.40. The van der Waals surface area contributed by atoms with Gasteiger partial charge in [0.25, 0.3) is 0 Å². The molecule has 1 heterocycles. The van der Waals surface area contributed by atoms with Gasteiger partial charge < -0.3 is 9.47 Å². The van der Waals surface area contributed by atoms with E-state index in [4.69, 9.17) is 9.47 Å². The van der Waals surface area contributed by atoms with E-state index in [0.29, 0.717) is 5.92 Å². The Morgan fingerprint density at radius 2 is 2.14 bits per heavy atom. The summed E-state index contributed by atoms with van der Waals surface area (Å²) >= 11 is 0. The van der Waals surface area contributed by atoms with Crippen LogP contribution in [0.25, 0.3) is 0 Å². The fourth-order valence-corrected chi connectivity index (χ4v) is 1.97. The molecule has 2 atom stereocenters. The monoisotopic (exact) mass is 199 g/mol. The second-order valence-corrected chi connectivity index (χ2v) is 4.26. The Labute approximate surface area is 88.0 Å². The summed E-state index contributed by atoms with van der Waals surface area (Å²) in [6, 6.07) is 0. The van der Waals surface area contributed by atoms with Gasteiger partial charge in [0.05, 0.1) is 12.7 Å². The van der Waals surface area contributed by atoms with E-state index in [1.165, 1.54) is 0 Å². The quantitative estimate of drug-likeness (QED) is 0.695. The molecule has 0 amide bonds. The minimum Gasteiger partial charge on any atom is -0.350 e. The van der Waals surface area contributed by atoms with Crippen molar-refractivity contribution in [1.29, 1.82) is 0 Å². The van der Waals surface area contributed by atoms with Gasteiger partial charge in [-0.1, -0.05) is 27.7 Å². The van der Waals surface area contributed by atoms with Crippen LogP contribution in [-0.2, 0) is 9.47 Å². The third-order valence-corrected chi connectivity index (χ3v) is 3.02. The average molecular weight is 199 g/mol. The second-order valence-electron chi connectivity index (χ2n) is 4.26. The van der Waals surface area contributed by atoms with Crippen molar-refractivity contribution in [2.75, 3.05) is 6.61 Å². The molecule has 0 saturated carbocycles. The zero-order valence-corrected chi connectivity index (χ0v) is 9.88. The molecule has 1 aliphatic heterocycles. The predicted molar refractivity (Wildman–Crippen MR) is 57.9 cm³/mol. The number of rotatable bonds is 3. The Balaban J connectivity index is 2.72. The first-order chi connectivity index (χ1) is 6.64. The molecule has 83 valence electrons. The maximum Gasteiger partial charge on any atom is 0.170 e. The first-order valence-electron chi connectivity index (χ1n) is 5.79. The first-order valence-corrected chi connectivity index (χ1v) is 5.79. The number of hydrogen-bond acceptors (Lipinski definition) is 2. The fourth-order valence-electron chi connectivity index (χ4n) is 1.97. The van der Waals surface area contributed by atoms with Crippen molar-refractivity contribution in [1.82, 2.24) is 0 Å². The zero-order chi connectivity index (χ0) is 10.6. The molecule has 1 rings (SSSR count). The highest BCUT2D eigenvalue weighted by Crippen LogP contribution is 2.32. The van der Waals surface area contributed by atoms with Crippen molar-refractivity contribution in [3.8, 4) is 0 Å². The lowest BCUT2D eigenvalue weighted by Crippen LogP contribution is -2.42. The summed E-state index contributed by atoms with van der Waals surface area (Å²) < 4.78 is 12.0. The lowest BCUT2D eigenvalue weighted by molar-refractivity contribution is -0.268. The molecule has 0 N–H and O–H groups in total. The molecular formula is C12H23O2. The molecule has 0 aromatic rings. The van der Waals surface area contributed by atoms with Gasteiger partial charge in [-0.3, -0.25) is 0 Å². The Morgan fingerprint density at radius 3 is 2.64 bits per heavy atom. The van der Waals surface area contributed by atoms with E-state index in [2.05, 4.69) is 34.1 Å². The van der Waals surface area contributed by atoms with Crippen LogP contribution in [0, 0.1) is 12.3 Å². The van der Waals surface area contributed by atoms with E-state index < -0.39 is 0 Å². The van der Waals surface area contributed by atoms with Gasteiger partial charge >= 0.3 is 0 Å². The summed E-state index contributed by atoms with van der Waals surface area (Å²) in [6.45, 7) is 9.43. The molecular weight excluding hydrogens is 176 g/mol. The normalized spacial score (nSPS) is 34.5. The van der Waals surface area contributed by atoms with Gasteiger partial charge in [-0.25, -0.2) is 0 Å². The van der Waals surface area contributed by atoms with Crippen LogP contribution >= 0.6 is 0 Å². The van der Waals surface area contributed by atoms with E-state index in [-0.39, 0.29) is 11.9 Å². The summed E-state index contributed by atoms with van der Waals surface area (Å²) in [5.41, 5.74) is 0. The molecule has 2 heteroatoms. The number of hydrogen-bond donors (Lipinski definition) is 0. The van der Waals surface area contributed by atoms with Gasteiger partial charge in [0.15, 0.2) is 5.79 Å². The van der Waals surface area contributed by atoms with Gasteiger partial charge in [-0.15, -0.1) is 0 Å². The van der Waals surface area contributed by atoms with Crippen LogP contribution in [0.2, 0.25) is 0 Å².